The molecule has 4 heteroatoms. The van der Waals surface area contributed by atoms with Gasteiger partial charge in [0.2, 0.25) is 0 Å². The summed E-state index contributed by atoms with van der Waals surface area (Å²) in [5, 5.41) is 13.2. The molecule has 0 aliphatic carbocycles. The van der Waals surface area contributed by atoms with Crippen molar-refractivity contribution in [1.29, 1.82) is 0 Å². The van der Waals surface area contributed by atoms with Gasteiger partial charge in [-0.3, -0.25) is 0 Å². The van der Waals surface area contributed by atoms with E-state index in [1.165, 1.54) is 0 Å². The van der Waals surface area contributed by atoms with Crippen LogP contribution < -0.4 is 5.32 Å². The summed E-state index contributed by atoms with van der Waals surface area (Å²) in [7, 11) is 4.15. The van der Waals surface area contributed by atoms with Gasteiger partial charge in [0.1, 0.15) is 5.75 Å². The summed E-state index contributed by atoms with van der Waals surface area (Å²) in [6.07, 6.45) is 1.11. The average Bonchev–Trinajstić information content (AvgIpc) is 2.28. The fourth-order valence-electron chi connectivity index (χ4n) is 1.51. The highest BCUT2D eigenvalue weighted by molar-refractivity contribution is 6.32. The van der Waals surface area contributed by atoms with E-state index in [9.17, 15) is 5.11 Å². The Morgan fingerprint density at radius 3 is 2.71 bits per heavy atom. The molecule has 1 atom stereocenters. The normalized spacial score (nSPS) is 13.0. The number of nitrogens with one attached hydrogen (secondary N) is 1. The quantitative estimate of drug-likeness (QED) is 0.821. The van der Waals surface area contributed by atoms with Crippen LogP contribution in [0.15, 0.2) is 18.2 Å². The van der Waals surface area contributed by atoms with Crippen LogP contribution >= 0.6 is 11.6 Å². The lowest BCUT2D eigenvalue weighted by Crippen LogP contribution is -2.29. The third-order valence-electron chi connectivity index (χ3n) is 2.68. The Morgan fingerprint density at radius 1 is 1.41 bits per heavy atom. The Hall–Kier alpha value is -0.770. The zero-order valence-corrected chi connectivity index (χ0v) is 11.5. The molecule has 3 nitrogen and oxygen atoms in total. The number of hydrogen-bond donors (Lipinski definition) is 2. The first-order chi connectivity index (χ1) is 7.99. The first-order valence-electron chi connectivity index (χ1n) is 5.84. The minimum Gasteiger partial charge on any atom is -0.506 e. The van der Waals surface area contributed by atoms with Crippen LogP contribution in [-0.2, 0) is 6.54 Å². The zero-order valence-electron chi connectivity index (χ0n) is 10.7. The van der Waals surface area contributed by atoms with Gasteiger partial charge >= 0.3 is 0 Å². The average molecular weight is 257 g/mol. The number of benzene rings is 1. The van der Waals surface area contributed by atoms with Crippen molar-refractivity contribution in [1.82, 2.24) is 10.2 Å². The first kappa shape index (κ1) is 14.3. The second kappa shape index (κ2) is 6.84. The summed E-state index contributed by atoms with van der Waals surface area (Å²) < 4.78 is 0. The molecule has 0 aromatic heterocycles. The molecule has 1 rings (SSSR count). The highest BCUT2D eigenvalue weighted by Crippen LogP contribution is 2.23. The van der Waals surface area contributed by atoms with Gasteiger partial charge in [0.05, 0.1) is 5.02 Å². The van der Waals surface area contributed by atoms with Crippen LogP contribution in [0, 0.1) is 0 Å². The number of aromatic hydroxyl groups is 1. The van der Waals surface area contributed by atoms with Gasteiger partial charge in [-0.15, -0.1) is 0 Å². The number of nitrogens with zero attached hydrogens (tertiary/aromatic N) is 1. The molecule has 17 heavy (non-hydrogen) atoms. The summed E-state index contributed by atoms with van der Waals surface area (Å²) in [6, 6.07) is 5.77. The fraction of sp³-hybridized carbons (Fsp3) is 0.538. The van der Waals surface area contributed by atoms with Gasteiger partial charge in [-0.1, -0.05) is 17.7 Å². The largest absolute Gasteiger partial charge is 0.506 e. The van der Waals surface area contributed by atoms with Gasteiger partial charge in [-0.05, 0) is 51.7 Å². The van der Waals surface area contributed by atoms with Crippen molar-refractivity contribution in [2.24, 2.45) is 0 Å². The van der Waals surface area contributed by atoms with Crippen molar-refractivity contribution in [3.63, 3.8) is 0 Å². The van der Waals surface area contributed by atoms with E-state index in [1.807, 2.05) is 6.07 Å². The first-order valence-corrected chi connectivity index (χ1v) is 6.22. The van der Waals surface area contributed by atoms with E-state index in [2.05, 4.69) is 31.2 Å². The SMILES string of the molecule is CC(CCN(C)C)NCc1ccc(O)c(Cl)c1. The zero-order chi connectivity index (χ0) is 12.8. The smallest absolute Gasteiger partial charge is 0.134 e. The molecule has 0 radical (unpaired) electrons. The van der Waals surface area contributed by atoms with Crippen LogP contribution in [0.4, 0.5) is 0 Å². The number of halogens is 1. The second-order valence-electron chi connectivity index (χ2n) is 4.66. The summed E-state index contributed by atoms with van der Waals surface area (Å²) >= 11 is 5.85. The number of phenols is 1. The Labute approximate surface area is 108 Å². The molecule has 96 valence electrons. The summed E-state index contributed by atoms with van der Waals surface area (Å²) in [5.74, 6) is 0.135. The molecule has 1 aromatic rings. The fourth-order valence-corrected chi connectivity index (χ4v) is 1.71. The monoisotopic (exact) mass is 256 g/mol. The van der Waals surface area contributed by atoms with E-state index in [1.54, 1.807) is 12.1 Å². The summed E-state index contributed by atoms with van der Waals surface area (Å²) in [5.41, 5.74) is 1.09. The van der Waals surface area contributed by atoms with Crippen LogP contribution in [-0.4, -0.2) is 36.7 Å². The topological polar surface area (TPSA) is 35.5 Å². The molecule has 0 heterocycles. The van der Waals surface area contributed by atoms with Gasteiger partial charge in [-0.2, -0.15) is 0 Å². The van der Waals surface area contributed by atoms with E-state index < -0.39 is 0 Å². The molecule has 0 fully saturated rings. The van der Waals surface area contributed by atoms with E-state index in [0.29, 0.717) is 11.1 Å². The standard InChI is InChI=1S/C13H21ClN2O/c1-10(6-7-16(2)3)15-9-11-4-5-13(17)12(14)8-11/h4-5,8,10,15,17H,6-7,9H2,1-3H3. The third-order valence-corrected chi connectivity index (χ3v) is 2.98. The highest BCUT2D eigenvalue weighted by atomic mass is 35.5. The molecule has 0 aliphatic heterocycles. The van der Waals surface area contributed by atoms with Gasteiger partial charge in [0.25, 0.3) is 0 Å². The Kier molecular flexibility index (Phi) is 5.75. The highest BCUT2D eigenvalue weighted by Gasteiger charge is 2.04. The predicted octanol–water partition coefficient (Wildman–Crippen LogP) is 2.48. The maximum atomic E-state index is 9.31. The van der Waals surface area contributed by atoms with Crippen molar-refractivity contribution >= 4 is 11.6 Å². The number of phenolic OH excluding ortho intramolecular Hbond substituents is 1. The van der Waals surface area contributed by atoms with Gasteiger partial charge in [0.15, 0.2) is 0 Å². The molecule has 2 N–H and O–H groups in total. The Bertz CT molecular complexity index is 355. The van der Waals surface area contributed by atoms with Crippen molar-refractivity contribution in [2.75, 3.05) is 20.6 Å². The Balaban J connectivity index is 2.36. The maximum Gasteiger partial charge on any atom is 0.134 e. The summed E-state index contributed by atoms with van der Waals surface area (Å²) in [6.45, 7) is 4.02. The number of hydrogen-bond acceptors (Lipinski definition) is 3. The molecule has 0 amide bonds. The molecule has 0 aliphatic rings. The molecule has 0 saturated carbocycles. The van der Waals surface area contributed by atoms with Crippen LogP contribution in [0.2, 0.25) is 5.02 Å². The molecular weight excluding hydrogens is 236 g/mol. The van der Waals surface area contributed by atoms with Crippen LogP contribution in [0.5, 0.6) is 5.75 Å². The lowest BCUT2D eigenvalue weighted by atomic mass is 10.2. The van der Waals surface area contributed by atoms with Crippen molar-refractivity contribution in [3.8, 4) is 5.75 Å². The third kappa shape index (κ3) is 5.39. The second-order valence-corrected chi connectivity index (χ2v) is 5.07. The Morgan fingerprint density at radius 2 is 2.12 bits per heavy atom. The molecule has 0 spiro atoms. The van der Waals surface area contributed by atoms with E-state index in [-0.39, 0.29) is 5.75 Å². The minimum atomic E-state index is 0.135. The molecule has 0 saturated heterocycles. The van der Waals surface area contributed by atoms with E-state index >= 15 is 0 Å². The predicted molar refractivity (Wildman–Crippen MR) is 72.6 cm³/mol. The minimum absolute atomic E-state index is 0.135. The van der Waals surface area contributed by atoms with E-state index in [0.717, 1.165) is 25.1 Å². The number of rotatable bonds is 6. The van der Waals surface area contributed by atoms with Crippen molar-refractivity contribution < 1.29 is 5.11 Å². The van der Waals surface area contributed by atoms with E-state index in [4.69, 9.17) is 11.6 Å². The van der Waals surface area contributed by atoms with Gasteiger partial charge in [0, 0.05) is 12.6 Å². The molecule has 1 aromatic carbocycles. The summed E-state index contributed by atoms with van der Waals surface area (Å²) in [4.78, 5) is 2.18. The molecule has 0 bridgehead atoms. The molecule has 1 unspecified atom stereocenters. The lowest BCUT2D eigenvalue weighted by Gasteiger charge is -2.16. The van der Waals surface area contributed by atoms with Crippen molar-refractivity contribution in [3.05, 3.63) is 28.8 Å². The maximum absolute atomic E-state index is 9.31. The van der Waals surface area contributed by atoms with Gasteiger partial charge < -0.3 is 15.3 Å². The lowest BCUT2D eigenvalue weighted by molar-refractivity contribution is 0.365. The van der Waals surface area contributed by atoms with Crippen LogP contribution in [0.25, 0.3) is 0 Å². The van der Waals surface area contributed by atoms with Gasteiger partial charge in [-0.25, -0.2) is 0 Å². The molecular formula is C13H21ClN2O. The van der Waals surface area contributed by atoms with Crippen LogP contribution in [0.3, 0.4) is 0 Å². The van der Waals surface area contributed by atoms with Crippen LogP contribution in [0.1, 0.15) is 18.9 Å². The van der Waals surface area contributed by atoms with Crippen molar-refractivity contribution in [2.45, 2.75) is 25.9 Å².